The fourth-order valence-electron chi connectivity index (χ4n) is 2.57. The molecule has 7 heteroatoms. The van der Waals surface area contributed by atoms with Crippen LogP contribution in [0.3, 0.4) is 0 Å². The fourth-order valence-corrected chi connectivity index (χ4v) is 2.57. The molecule has 2 fully saturated rings. The van der Waals surface area contributed by atoms with Gasteiger partial charge in [-0.15, -0.1) is 0 Å². The van der Waals surface area contributed by atoms with Crippen molar-refractivity contribution in [2.24, 2.45) is 0 Å². The molecule has 0 aliphatic carbocycles. The molecule has 0 saturated carbocycles. The second kappa shape index (κ2) is 6.66. The molecule has 2 atom stereocenters. The predicted octanol–water partition coefficient (Wildman–Crippen LogP) is 3.17. The number of amides is 1. The van der Waals surface area contributed by atoms with E-state index in [1.807, 2.05) is 0 Å². The summed E-state index contributed by atoms with van der Waals surface area (Å²) >= 11 is 0. The normalized spacial score (nSPS) is 29.2. The number of hydrogen-bond acceptors (Lipinski definition) is 4. The lowest BCUT2D eigenvalue weighted by molar-refractivity contribution is -0.252. The van der Waals surface area contributed by atoms with E-state index < -0.39 is 36.6 Å². The van der Waals surface area contributed by atoms with Crippen LogP contribution in [-0.4, -0.2) is 54.6 Å². The zero-order valence-corrected chi connectivity index (χ0v) is 13.4. The first kappa shape index (κ1) is 17.4. The molecule has 0 aromatic rings. The Morgan fingerprint density at radius 2 is 2.00 bits per heavy atom. The number of piperidine rings is 1. The van der Waals surface area contributed by atoms with Gasteiger partial charge in [-0.05, 0) is 46.5 Å². The van der Waals surface area contributed by atoms with Gasteiger partial charge in [-0.3, -0.25) is 0 Å². The monoisotopic (exact) mass is 321 g/mol. The largest absolute Gasteiger partial charge is 0.444 e. The summed E-state index contributed by atoms with van der Waals surface area (Å²) in [5, 5.41) is 0. The number of likely N-dealkylation sites (tertiary alicyclic amines) is 1. The van der Waals surface area contributed by atoms with Crippen molar-refractivity contribution in [3.8, 4) is 0 Å². The number of carbonyl (C=O) groups excluding carboxylic acids is 1. The number of nitrogens with zero attached hydrogens (tertiary/aromatic N) is 1. The third kappa shape index (κ3) is 4.78. The van der Waals surface area contributed by atoms with Crippen LogP contribution in [0, 0.1) is 0 Å². The molecule has 2 heterocycles. The van der Waals surface area contributed by atoms with Crippen molar-refractivity contribution < 1.29 is 27.8 Å². The molecule has 0 spiro atoms. The van der Waals surface area contributed by atoms with E-state index in [-0.39, 0.29) is 13.0 Å². The summed E-state index contributed by atoms with van der Waals surface area (Å²) in [5.41, 5.74) is -0.699. The Morgan fingerprint density at radius 3 is 2.55 bits per heavy atom. The maximum absolute atomic E-state index is 14.2. The summed E-state index contributed by atoms with van der Waals surface area (Å²) in [6.45, 7) is 5.19. The van der Waals surface area contributed by atoms with Crippen LogP contribution in [0.25, 0.3) is 0 Å². The third-order valence-corrected chi connectivity index (χ3v) is 3.64. The molecule has 5 nitrogen and oxygen atoms in total. The molecule has 0 N–H and O–H groups in total. The van der Waals surface area contributed by atoms with Gasteiger partial charge in [-0.25, -0.2) is 13.6 Å². The second-order valence-corrected chi connectivity index (χ2v) is 6.87. The Labute approximate surface area is 129 Å². The van der Waals surface area contributed by atoms with E-state index in [0.717, 1.165) is 17.7 Å². The lowest BCUT2D eigenvalue weighted by Crippen LogP contribution is -2.56. The highest BCUT2D eigenvalue weighted by Crippen LogP contribution is 2.32. The SMILES string of the molecule is CC(C)(C)OC(=O)N1CCC(OC2CCCCO2)C(F)(F)C1. The summed E-state index contributed by atoms with van der Waals surface area (Å²) in [7, 11) is 0. The zero-order valence-electron chi connectivity index (χ0n) is 13.4. The van der Waals surface area contributed by atoms with E-state index in [2.05, 4.69) is 0 Å². The molecule has 2 saturated heterocycles. The van der Waals surface area contributed by atoms with Crippen molar-refractivity contribution in [1.82, 2.24) is 4.90 Å². The first-order valence-electron chi connectivity index (χ1n) is 7.80. The molecule has 0 radical (unpaired) electrons. The zero-order chi connectivity index (χ0) is 16.4. The van der Waals surface area contributed by atoms with Crippen LogP contribution >= 0.6 is 0 Å². The Morgan fingerprint density at radius 1 is 1.27 bits per heavy atom. The standard InChI is InChI=1S/C15H25F2NO4/c1-14(2,3)22-13(19)18-8-7-11(15(16,17)10-18)21-12-6-4-5-9-20-12/h11-12H,4-10H2,1-3H3. The lowest BCUT2D eigenvalue weighted by Gasteiger charge is -2.40. The molecule has 0 aromatic heterocycles. The van der Waals surface area contributed by atoms with Crippen LogP contribution in [0.4, 0.5) is 13.6 Å². The first-order chi connectivity index (χ1) is 10.2. The number of carbonyl (C=O) groups is 1. The van der Waals surface area contributed by atoms with Gasteiger partial charge < -0.3 is 19.1 Å². The van der Waals surface area contributed by atoms with Gasteiger partial charge in [-0.2, -0.15) is 0 Å². The highest BCUT2D eigenvalue weighted by atomic mass is 19.3. The van der Waals surface area contributed by atoms with Crippen molar-refractivity contribution in [3.63, 3.8) is 0 Å². The summed E-state index contributed by atoms with van der Waals surface area (Å²) in [6.07, 6.45) is 0.0981. The highest BCUT2D eigenvalue weighted by molar-refractivity contribution is 5.68. The predicted molar refractivity (Wildman–Crippen MR) is 75.8 cm³/mol. The summed E-state index contributed by atoms with van der Waals surface area (Å²) in [4.78, 5) is 13.0. The summed E-state index contributed by atoms with van der Waals surface area (Å²) < 4.78 is 44.4. The van der Waals surface area contributed by atoms with Gasteiger partial charge in [0.1, 0.15) is 11.7 Å². The minimum absolute atomic E-state index is 0.0755. The average Bonchev–Trinajstić information content (AvgIpc) is 2.40. The number of alkyl halides is 2. The quantitative estimate of drug-likeness (QED) is 0.784. The van der Waals surface area contributed by atoms with E-state index >= 15 is 0 Å². The Hall–Kier alpha value is -0.950. The van der Waals surface area contributed by atoms with Crippen LogP contribution in [0.2, 0.25) is 0 Å². The van der Waals surface area contributed by atoms with Crippen molar-refractivity contribution in [2.45, 2.75) is 70.4 Å². The Kier molecular flexibility index (Phi) is 5.27. The molecule has 2 rings (SSSR count). The molecule has 2 unspecified atom stereocenters. The highest BCUT2D eigenvalue weighted by Gasteiger charge is 2.48. The van der Waals surface area contributed by atoms with E-state index in [1.54, 1.807) is 20.8 Å². The molecule has 1 amide bonds. The van der Waals surface area contributed by atoms with Crippen molar-refractivity contribution in [2.75, 3.05) is 19.7 Å². The van der Waals surface area contributed by atoms with E-state index in [9.17, 15) is 13.6 Å². The number of halogens is 2. The molecule has 128 valence electrons. The van der Waals surface area contributed by atoms with Gasteiger partial charge in [0.25, 0.3) is 5.92 Å². The molecule has 2 aliphatic rings. The summed E-state index contributed by atoms with van der Waals surface area (Å²) in [6, 6.07) is 0. The van der Waals surface area contributed by atoms with Crippen LogP contribution in [0.5, 0.6) is 0 Å². The van der Waals surface area contributed by atoms with Gasteiger partial charge in [0.2, 0.25) is 0 Å². The van der Waals surface area contributed by atoms with Crippen molar-refractivity contribution >= 4 is 6.09 Å². The second-order valence-electron chi connectivity index (χ2n) is 6.87. The van der Waals surface area contributed by atoms with Gasteiger partial charge in [-0.1, -0.05) is 0 Å². The third-order valence-electron chi connectivity index (χ3n) is 3.64. The molecular formula is C15H25F2NO4. The maximum Gasteiger partial charge on any atom is 0.410 e. The molecule has 0 aromatic carbocycles. The van der Waals surface area contributed by atoms with E-state index in [0.29, 0.717) is 13.0 Å². The minimum atomic E-state index is -3.10. The van der Waals surface area contributed by atoms with Crippen LogP contribution in [0.15, 0.2) is 0 Å². The van der Waals surface area contributed by atoms with Gasteiger partial charge in [0.05, 0.1) is 6.54 Å². The molecule has 22 heavy (non-hydrogen) atoms. The molecule has 0 bridgehead atoms. The minimum Gasteiger partial charge on any atom is -0.444 e. The first-order valence-corrected chi connectivity index (χ1v) is 7.80. The van der Waals surface area contributed by atoms with Gasteiger partial charge >= 0.3 is 6.09 Å². The number of rotatable bonds is 2. The Balaban J connectivity index is 1.89. The van der Waals surface area contributed by atoms with E-state index in [4.69, 9.17) is 14.2 Å². The smallest absolute Gasteiger partial charge is 0.410 e. The van der Waals surface area contributed by atoms with Crippen LogP contribution in [-0.2, 0) is 14.2 Å². The Bertz CT molecular complexity index is 391. The van der Waals surface area contributed by atoms with Crippen molar-refractivity contribution in [3.05, 3.63) is 0 Å². The van der Waals surface area contributed by atoms with E-state index in [1.165, 1.54) is 0 Å². The summed E-state index contributed by atoms with van der Waals surface area (Å²) in [5.74, 6) is -3.10. The maximum atomic E-state index is 14.2. The van der Waals surface area contributed by atoms with Gasteiger partial charge in [0, 0.05) is 13.2 Å². The average molecular weight is 321 g/mol. The number of ether oxygens (including phenoxy) is 3. The van der Waals surface area contributed by atoms with Crippen molar-refractivity contribution in [1.29, 1.82) is 0 Å². The topological polar surface area (TPSA) is 48.0 Å². The number of hydrogen-bond donors (Lipinski definition) is 0. The van der Waals surface area contributed by atoms with Crippen LogP contribution in [0.1, 0.15) is 46.5 Å². The van der Waals surface area contributed by atoms with Gasteiger partial charge in [0.15, 0.2) is 6.29 Å². The fraction of sp³-hybridized carbons (Fsp3) is 0.933. The lowest BCUT2D eigenvalue weighted by atomic mass is 10.0. The molecular weight excluding hydrogens is 296 g/mol. The molecule has 2 aliphatic heterocycles. The van der Waals surface area contributed by atoms with Crippen LogP contribution < -0.4 is 0 Å².